The van der Waals surface area contributed by atoms with Crippen LogP contribution in [0.3, 0.4) is 0 Å². The highest BCUT2D eigenvalue weighted by Crippen LogP contribution is 2.35. The summed E-state index contributed by atoms with van der Waals surface area (Å²) in [6.45, 7) is 2.01. The Morgan fingerprint density at radius 3 is 2.29 bits per heavy atom. The molecule has 0 bridgehead atoms. The van der Waals surface area contributed by atoms with Gasteiger partial charge in [0.15, 0.2) is 11.6 Å². The second-order valence-electron chi connectivity index (χ2n) is 4.39. The third-order valence-corrected chi connectivity index (χ3v) is 3.34. The Kier molecular flexibility index (Phi) is 3.55. The molecule has 0 saturated carbocycles. The van der Waals surface area contributed by atoms with Gasteiger partial charge in [-0.15, -0.1) is 0 Å². The maximum absolute atomic E-state index is 13.7. The Labute approximate surface area is 99.2 Å². The normalized spacial score (nSPS) is 16.5. The highest BCUT2D eigenvalue weighted by molar-refractivity contribution is 5.70. The van der Waals surface area contributed by atoms with Crippen LogP contribution in [0.5, 0.6) is 0 Å². The molecule has 0 amide bonds. The first-order valence-electron chi connectivity index (χ1n) is 5.99. The van der Waals surface area contributed by atoms with Crippen molar-refractivity contribution in [2.75, 3.05) is 0 Å². The summed E-state index contributed by atoms with van der Waals surface area (Å²) in [6, 6.07) is 1.63. The second-order valence-corrected chi connectivity index (χ2v) is 4.39. The summed E-state index contributed by atoms with van der Waals surface area (Å²) >= 11 is 0. The van der Waals surface area contributed by atoms with Gasteiger partial charge in [-0.25, -0.2) is 13.2 Å². The maximum Gasteiger partial charge on any atom is 0.161 e. The molecule has 3 heteroatoms. The average Bonchev–Trinajstić information content (AvgIpc) is 2.34. The smallest absolute Gasteiger partial charge is 0.161 e. The van der Waals surface area contributed by atoms with Crippen molar-refractivity contribution >= 4 is 5.57 Å². The molecule has 0 aromatic heterocycles. The van der Waals surface area contributed by atoms with E-state index in [4.69, 9.17) is 0 Å². The first-order valence-corrected chi connectivity index (χ1v) is 5.99. The third-order valence-electron chi connectivity index (χ3n) is 3.34. The molecule has 0 spiro atoms. The van der Waals surface area contributed by atoms with Gasteiger partial charge >= 0.3 is 0 Å². The van der Waals surface area contributed by atoms with Gasteiger partial charge in [-0.3, -0.25) is 0 Å². The van der Waals surface area contributed by atoms with E-state index in [1.807, 2.05) is 6.92 Å². The molecule has 0 radical (unpaired) electrons. The van der Waals surface area contributed by atoms with Crippen molar-refractivity contribution in [3.05, 3.63) is 40.7 Å². The molecule has 1 aliphatic rings. The Balaban J connectivity index is 2.52. The topological polar surface area (TPSA) is 0 Å². The van der Waals surface area contributed by atoms with Gasteiger partial charge in [0, 0.05) is 11.6 Å². The largest absolute Gasteiger partial charge is 0.206 e. The van der Waals surface area contributed by atoms with Crippen LogP contribution in [0.1, 0.15) is 44.6 Å². The zero-order chi connectivity index (χ0) is 12.4. The monoisotopic (exact) mass is 240 g/mol. The molecule has 1 aliphatic carbocycles. The molecular formula is C14H15F3. The number of hydrogen-bond donors (Lipinski definition) is 0. The number of hydrogen-bond acceptors (Lipinski definition) is 0. The van der Waals surface area contributed by atoms with E-state index in [2.05, 4.69) is 0 Å². The highest BCUT2D eigenvalue weighted by atomic mass is 19.2. The van der Waals surface area contributed by atoms with Crippen LogP contribution in [0.2, 0.25) is 0 Å². The zero-order valence-electron chi connectivity index (χ0n) is 9.82. The Morgan fingerprint density at radius 1 is 0.941 bits per heavy atom. The SMILES string of the molecule is CCC1=C(c2cc(F)c(F)cc2F)CCCC1. The molecule has 1 aromatic carbocycles. The van der Waals surface area contributed by atoms with Crippen LogP contribution < -0.4 is 0 Å². The number of rotatable bonds is 2. The number of benzene rings is 1. The summed E-state index contributed by atoms with van der Waals surface area (Å²) in [5, 5.41) is 0. The zero-order valence-corrected chi connectivity index (χ0v) is 9.82. The van der Waals surface area contributed by atoms with Crippen LogP contribution in [-0.2, 0) is 0 Å². The van der Waals surface area contributed by atoms with E-state index in [1.54, 1.807) is 0 Å². The van der Waals surface area contributed by atoms with Crippen molar-refractivity contribution in [3.8, 4) is 0 Å². The van der Waals surface area contributed by atoms with Crippen molar-refractivity contribution in [1.82, 2.24) is 0 Å². The predicted octanol–water partition coefficient (Wildman–Crippen LogP) is 4.84. The van der Waals surface area contributed by atoms with Crippen LogP contribution in [0.4, 0.5) is 13.2 Å². The fourth-order valence-electron chi connectivity index (χ4n) is 2.44. The Morgan fingerprint density at radius 2 is 1.59 bits per heavy atom. The highest BCUT2D eigenvalue weighted by Gasteiger charge is 2.18. The van der Waals surface area contributed by atoms with Crippen LogP contribution in [-0.4, -0.2) is 0 Å². The van der Waals surface area contributed by atoms with Crippen molar-refractivity contribution in [1.29, 1.82) is 0 Å². The Hall–Kier alpha value is -1.25. The van der Waals surface area contributed by atoms with Crippen LogP contribution in [0, 0.1) is 17.5 Å². The maximum atomic E-state index is 13.7. The summed E-state index contributed by atoms with van der Waals surface area (Å²) in [7, 11) is 0. The lowest BCUT2D eigenvalue weighted by Gasteiger charge is -2.20. The quantitative estimate of drug-likeness (QED) is 0.649. The lowest BCUT2D eigenvalue weighted by molar-refractivity contribution is 0.493. The lowest BCUT2D eigenvalue weighted by Crippen LogP contribution is -2.02. The van der Waals surface area contributed by atoms with Gasteiger partial charge in [0.1, 0.15) is 5.82 Å². The number of halogens is 3. The molecule has 0 aliphatic heterocycles. The van der Waals surface area contributed by atoms with Crippen molar-refractivity contribution in [2.45, 2.75) is 39.0 Å². The van der Waals surface area contributed by atoms with E-state index in [0.717, 1.165) is 43.7 Å². The molecule has 0 heterocycles. The van der Waals surface area contributed by atoms with E-state index in [-0.39, 0.29) is 5.56 Å². The van der Waals surface area contributed by atoms with E-state index in [9.17, 15) is 13.2 Å². The number of allylic oxidation sites excluding steroid dienone is 2. The van der Waals surface area contributed by atoms with Crippen LogP contribution in [0.15, 0.2) is 17.7 Å². The predicted molar refractivity (Wildman–Crippen MR) is 62.0 cm³/mol. The first kappa shape index (κ1) is 12.2. The Bertz CT molecular complexity index is 461. The van der Waals surface area contributed by atoms with Crippen LogP contribution >= 0.6 is 0 Å². The summed E-state index contributed by atoms with van der Waals surface area (Å²) < 4.78 is 39.7. The summed E-state index contributed by atoms with van der Waals surface area (Å²) in [4.78, 5) is 0. The molecule has 1 aromatic rings. The van der Waals surface area contributed by atoms with Gasteiger partial charge in [0.25, 0.3) is 0 Å². The molecular weight excluding hydrogens is 225 g/mol. The minimum atomic E-state index is -1.12. The molecule has 0 atom stereocenters. The minimum absolute atomic E-state index is 0.237. The van der Waals surface area contributed by atoms with E-state index >= 15 is 0 Å². The average molecular weight is 240 g/mol. The van der Waals surface area contributed by atoms with Gasteiger partial charge in [0.2, 0.25) is 0 Å². The van der Waals surface area contributed by atoms with Gasteiger partial charge < -0.3 is 0 Å². The van der Waals surface area contributed by atoms with Gasteiger partial charge in [-0.1, -0.05) is 12.5 Å². The van der Waals surface area contributed by atoms with Crippen molar-refractivity contribution in [3.63, 3.8) is 0 Å². The van der Waals surface area contributed by atoms with Crippen LogP contribution in [0.25, 0.3) is 5.57 Å². The standard InChI is InChI=1S/C14H15F3/c1-2-9-5-3-4-6-10(9)11-7-13(16)14(17)8-12(11)15/h7-8H,2-6H2,1H3. The summed E-state index contributed by atoms with van der Waals surface area (Å²) in [5.74, 6) is -2.76. The van der Waals surface area contributed by atoms with Gasteiger partial charge in [0.05, 0.1) is 0 Å². The molecule has 0 saturated heterocycles. The van der Waals surface area contributed by atoms with E-state index < -0.39 is 17.5 Å². The van der Waals surface area contributed by atoms with E-state index in [0.29, 0.717) is 6.07 Å². The minimum Gasteiger partial charge on any atom is -0.206 e. The third kappa shape index (κ3) is 2.38. The summed E-state index contributed by atoms with van der Waals surface area (Å²) in [6.07, 6.45) is 4.61. The fourth-order valence-corrected chi connectivity index (χ4v) is 2.44. The van der Waals surface area contributed by atoms with Crippen molar-refractivity contribution < 1.29 is 13.2 Å². The summed E-state index contributed by atoms with van der Waals surface area (Å²) in [5.41, 5.74) is 2.27. The van der Waals surface area contributed by atoms with Crippen molar-refractivity contribution in [2.24, 2.45) is 0 Å². The first-order chi connectivity index (χ1) is 8.13. The molecule has 0 fully saturated rings. The molecule has 17 heavy (non-hydrogen) atoms. The van der Waals surface area contributed by atoms with Gasteiger partial charge in [-0.2, -0.15) is 0 Å². The fraction of sp³-hybridized carbons (Fsp3) is 0.429. The molecule has 0 unspecified atom stereocenters. The van der Waals surface area contributed by atoms with E-state index in [1.165, 1.54) is 5.57 Å². The second kappa shape index (κ2) is 4.94. The molecule has 92 valence electrons. The lowest BCUT2D eigenvalue weighted by atomic mass is 9.86. The molecule has 0 nitrogen and oxygen atoms in total. The molecule has 0 N–H and O–H groups in total. The van der Waals surface area contributed by atoms with Gasteiger partial charge in [-0.05, 0) is 43.7 Å². The molecule has 2 rings (SSSR count).